The summed E-state index contributed by atoms with van der Waals surface area (Å²) >= 11 is 1.49. The van der Waals surface area contributed by atoms with Crippen LogP contribution < -0.4 is 5.32 Å². The van der Waals surface area contributed by atoms with Gasteiger partial charge in [0.25, 0.3) is 0 Å². The van der Waals surface area contributed by atoms with E-state index in [1.165, 1.54) is 11.3 Å². The van der Waals surface area contributed by atoms with Crippen LogP contribution in [-0.4, -0.2) is 26.4 Å². The van der Waals surface area contributed by atoms with E-state index in [-0.39, 0.29) is 18.7 Å². The van der Waals surface area contributed by atoms with Crippen LogP contribution in [0.4, 0.5) is 5.82 Å². The summed E-state index contributed by atoms with van der Waals surface area (Å²) in [5.41, 5.74) is 0.997. The van der Waals surface area contributed by atoms with Crippen LogP contribution in [0.2, 0.25) is 0 Å². The third-order valence-electron chi connectivity index (χ3n) is 3.84. The van der Waals surface area contributed by atoms with E-state index in [1.54, 1.807) is 13.8 Å². The fraction of sp³-hybridized carbons (Fsp3) is 0.278. The lowest BCUT2D eigenvalue weighted by Gasteiger charge is -2.21. The van der Waals surface area contributed by atoms with E-state index in [1.807, 2.05) is 46.3 Å². The van der Waals surface area contributed by atoms with Crippen LogP contribution in [-0.2, 0) is 9.59 Å². The number of carboxylic acids is 1. The second-order valence-corrected chi connectivity index (χ2v) is 7.56. The number of fused-ring (bicyclic) bond motifs is 1. The first-order chi connectivity index (χ1) is 11.9. The molecule has 1 amide bonds. The van der Waals surface area contributed by atoms with Crippen molar-refractivity contribution in [3.8, 4) is 11.3 Å². The molecule has 2 aromatic heterocycles. The zero-order chi connectivity index (χ0) is 18.0. The Morgan fingerprint density at radius 1 is 1.24 bits per heavy atom. The molecule has 0 spiro atoms. The summed E-state index contributed by atoms with van der Waals surface area (Å²) in [7, 11) is 0. The van der Waals surface area contributed by atoms with Gasteiger partial charge in [0, 0.05) is 23.6 Å². The third kappa shape index (κ3) is 3.88. The number of aromatic nitrogens is 2. The van der Waals surface area contributed by atoms with Gasteiger partial charge in [0.1, 0.15) is 11.5 Å². The minimum atomic E-state index is -0.910. The van der Waals surface area contributed by atoms with E-state index in [9.17, 15) is 9.59 Å². The number of aliphatic carboxylic acids is 1. The van der Waals surface area contributed by atoms with Gasteiger partial charge >= 0.3 is 5.97 Å². The first-order valence-electron chi connectivity index (χ1n) is 7.88. The summed E-state index contributed by atoms with van der Waals surface area (Å²) in [4.78, 5) is 28.9. The first kappa shape index (κ1) is 17.2. The maximum absolute atomic E-state index is 12.5. The number of anilines is 1. The zero-order valence-electron chi connectivity index (χ0n) is 14.0. The molecule has 0 atom stereocenters. The fourth-order valence-electron chi connectivity index (χ4n) is 2.79. The van der Waals surface area contributed by atoms with Crippen LogP contribution in [0.25, 0.3) is 16.2 Å². The van der Waals surface area contributed by atoms with Gasteiger partial charge in [-0.1, -0.05) is 44.2 Å². The molecule has 3 aromatic rings. The molecule has 0 aliphatic heterocycles. The molecule has 1 aromatic carbocycles. The van der Waals surface area contributed by atoms with Crippen LogP contribution in [0, 0.1) is 5.41 Å². The Hall–Kier alpha value is -2.67. The summed E-state index contributed by atoms with van der Waals surface area (Å²) in [5, 5.41) is 13.8. The molecule has 0 aliphatic carbocycles. The number of imidazole rings is 1. The van der Waals surface area contributed by atoms with Crippen molar-refractivity contribution in [2.45, 2.75) is 26.7 Å². The largest absolute Gasteiger partial charge is 0.481 e. The van der Waals surface area contributed by atoms with E-state index in [2.05, 4.69) is 10.3 Å². The fourth-order valence-corrected chi connectivity index (χ4v) is 3.50. The number of benzene rings is 1. The number of hydrogen-bond acceptors (Lipinski definition) is 4. The van der Waals surface area contributed by atoms with Crippen molar-refractivity contribution in [1.82, 2.24) is 9.38 Å². The smallest absolute Gasteiger partial charge is 0.303 e. The maximum Gasteiger partial charge on any atom is 0.303 e. The second kappa shape index (κ2) is 6.68. The monoisotopic (exact) mass is 357 g/mol. The first-order valence-corrected chi connectivity index (χ1v) is 8.76. The van der Waals surface area contributed by atoms with Crippen LogP contribution in [0.1, 0.15) is 26.7 Å². The minimum Gasteiger partial charge on any atom is -0.481 e. The van der Waals surface area contributed by atoms with Crippen molar-refractivity contribution in [2.24, 2.45) is 5.41 Å². The van der Waals surface area contributed by atoms with Gasteiger partial charge in [-0.3, -0.25) is 14.0 Å². The average molecular weight is 357 g/mol. The summed E-state index contributed by atoms with van der Waals surface area (Å²) in [6.45, 7) is 3.55. The van der Waals surface area contributed by atoms with Crippen molar-refractivity contribution in [2.75, 3.05) is 5.32 Å². The standard InChI is InChI=1S/C18H19N3O3S/c1-18(2,11-14(23)24)10-13(22)19-16-15(12-6-4-3-5-7-12)20-17-21(16)8-9-25-17/h3-9H,10-11H2,1-2H3,(H,19,22)(H,23,24). The molecular formula is C18H19N3O3S. The van der Waals surface area contributed by atoms with E-state index < -0.39 is 11.4 Å². The summed E-state index contributed by atoms with van der Waals surface area (Å²) in [6, 6.07) is 9.65. The van der Waals surface area contributed by atoms with Gasteiger partial charge < -0.3 is 10.4 Å². The number of carbonyl (C=O) groups is 2. The van der Waals surface area contributed by atoms with Gasteiger partial charge in [0.2, 0.25) is 5.91 Å². The van der Waals surface area contributed by atoms with E-state index in [4.69, 9.17) is 5.11 Å². The van der Waals surface area contributed by atoms with Gasteiger partial charge in [-0.2, -0.15) is 0 Å². The van der Waals surface area contributed by atoms with Crippen molar-refractivity contribution < 1.29 is 14.7 Å². The molecule has 0 aliphatic rings. The summed E-state index contributed by atoms with van der Waals surface area (Å²) < 4.78 is 1.84. The number of nitrogens with one attached hydrogen (secondary N) is 1. The maximum atomic E-state index is 12.5. The predicted octanol–water partition coefficient (Wildman–Crippen LogP) is 3.89. The minimum absolute atomic E-state index is 0.0633. The van der Waals surface area contributed by atoms with E-state index in [0.717, 1.165) is 10.5 Å². The van der Waals surface area contributed by atoms with Crippen molar-refractivity contribution in [3.63, 3.8) is 0 Å². The predicted molar refractivity (Wildman–Crippen MR) is 97.8 cm³/mol. The van der Waals surface area contributed by atoms with Crippen molar-refractivity contribution >= 4 is 34.0 Å². The molecule has 0 unspecified atom stereocenters. The molecule has 0 bridgehead atoms. The number of rotatable bonds is 6. The highest BCUT2D eigenvalue weighted by molar-refractivity contribution is 7.15. The van der Waals surface area contributed by atoms with Gasteiger partial charge in [-0.05, 0) is 5.41 Å². The molecule has 6 nitrogen and oxygen atoms in total. The zero-order valence-corrected chi connectivity index (χ0v) is 14.8. The highest BCUT2D eigenvalue weighted by Crippen LogP contribution is 2.32. The molecule has 25 heavy (non-hydrogen) atoms. The van der Waals surface area contributed by atoms with Crippen molar-refractivity contribution in [1.29, 1.82) is 0 Å². The lowest BCUT2D eigenvalue weighted by Crippen LogP contribution is -2.25. The lowest BCUT2D eigenvalue weighted by atomic mass is 9.85. The Morgan fingerprint density at radius 3 is 2.64 bits per heavy atom. The summed E-state index contributed by atoms with van der Waals surface area (Å²) in [6.07, 6.45) is 1.91. The Balaban J connectivity index is 1.89. The highest BCUT2D eigenvalue weighted by atomic mass is 32.1. The topological polar surface area (TPSA) is 83.7 Å². The molecule has 0 saturated heterocycles. The van der Waals surface area contributed by atoms with Gasteiger partial charge in [0.15, 0.2) is 4.96 Å². The highest BCUT2D eigenvalue weighted by Gasteiger charge is 2.26. The normalized spacial score (nSPS) is 11.6. The molecule has 0 saturated carbocycles. The number of amides is 1. The van der Waals surface area contributed by atoms with Gasteiger partial charge in [-0.15, -0.1) is 11.3 Å². The number of carbonyl (C=O) groups excluding carboxylic acids is 1. The van der Waals surface area contributed by atoms with Gasteiger partial charge in [-0.25, -0.2) is 4.98 Å². The lowest BCUT2D eigenvalue weighted by molar-refractivity contribution is -0.139. The van der Waals surface area contributed by atoms with Crippen molar-refractivity contribution in [3.05, 3.63) is 41.9 Å². The average Bonchev–Trinajstić information content (AvgIpc) is 3.09. The SMILES string of the molecule is CC(C)(CC(=O)O)CC(=O)Nc1c(-c2ccccc2)nc2sccn12. The molecular weight excluding hydrogens is 338 g/mol. The van der Waals surface area contributed by atoms with E-state index >= 15 is 0 Å². The van der Waals surface area contributed by atoms with E-state index in [0.29, 0.717) is 11.5 Å². The quantitative estimate of drug-likeness (QED) is 0.701. The number of nitrogens with zero attached hydrogens (tertiary/aromatic N) is 2. The van der Waals surface area contributed by atoms with Crippen LogP contribution in [0.15, 0.2) is 41.9 Å². The molecule has 2 N–H and O–H groups in total. The Kier molecular flexibility index (Phi) is 4.59. The Labute approximate surface area is 149 Å². The Bertz CT molecular complexity index is 912. The second-order valence-electron chi connectivity index (χ2n) is 6.69. The van der Waals surface area contributed by atoms with Crippen LogP contribution in [0.5, 0.6) is 0 Å². The van der Waals surface area contributed by atoms with Gasteiger partial charge in [0.05, 0.1) is 6.42 Å². The summed E-state index contributed by atoms with van der Waals surface area (Å²) in [5.74, 6) is -0.526. The molecule has 7 heteroatoms. The molecule has 3 rings (SSSR count). The molecule has 130 valence electrons. The number of carboxylic acid groups (broad SMARTS) is 1. The number of thiazole rings is 1. The molecule has 0 fully saturated rings. The van der Waals surface area contributed by atoms with Crippen LogP contribution >= 0.6 is 11.3 Å². The molecule has 0 radical (unpaired) electrons. The third-order valence-corrected chi connectivity index (χ3v) is 4.59. The number of hydrogen-bond donors (Lipinski definition) is 2. The Morgan fingerprint density at radius 2 is 1.96 bits per heavy atom. The molecule has 2 heterocycles. The van der Waals surface area contributed by atoms with Crippen LogP contribution in [0.3, 0.4) is 0 Å².